The second-order valence-corrected chi connectivity index (χ2v) is 4.65. The summed E-state index contributed by atoms with van der Waals surface area (Å²) in [5, 5.41) is 11.0. The van der Waals surface area contributed by atoms with Crippen LogP contribution in [0.25, 0.3) is 11.0 Å². The zero-order valence-corrected chi connectivity index (χ0v) is 11.4. The van der Waals surface area contributed by atoms with Crippen LogP contribution in [0, 0.1) is 0 Å². The van der Waals surface area contributed by atoms with Gasteiger partial charge in [0.2, 0.25) is 0 Å². The van der Waals surface area contributed by atoms with Crippen LogP contribution in [0.15, 0.2) is 48.5 Å². The molecule has 0 N–H and O–H groups in total. The van der Waals surface area contributed by atoms with E-state index in [9.17, 15) is 9.90 Å². The molecule has 0 radical (unpaired) electrons. The van der Waals surface area contributed by atoms with E-state index in [0.29, 0.717) is 0 Å². The first-order valence-electron chi connectivity index (χ1n) is 6.50. The standard InChI is InChI=1S/C16H14N2O3/c1-18-13-8-4-3-7-12(13)17-15(18)10-21-14-9-5-2-6-11(14)16(19)20/h2-9H,10H2,1H3,(H,19,20)/p-1. The van der Waals surface area contributed by atoms with Crippen LogP contribution in [0.4, 0.5) is 0 Å². The molecule has 0 aliphatic carbocycles. The molecule has 3 aromatic rings. The van der Waals surface area contributed by atoms with E-state index in [1.54, 1.807) is 18.2 Å². The van der Waals surface area contributed by atoms with Gasteiger partial charge in [0.25, 0.3) is 0 Å². The first-order valence-corrected chi connectivity index (χ1v) is 6.50. The fourth-order valence-corrected chi connectivity index (χ4v) is 2.23. The molecule has 2 aromatic carbocycles. The Bertz CT molecular complexity index is 808. The quantitative estimate of drug-likeness (QED) is 0.727. The molecule has 0 aliphatic heterocycles. The van der Waals surface area contributed by atoms with E-state index < -0.39 is 5.97 Å². The molecule has 0 saturated heterocycles. The van der Waals surface area contributed by atoms with Crippen molar-refractivity contribution in [1.82, 2.24) is 9.55 Å². The zero-order valence-electron chi connectivity index (χ0n) is 11.4. The molecular formula is C16H13N2O3-. The lowest BCUT2D eigenvalue weighted by atomic mass is 10.2. The number of ether oxygens (including phenoxy) is 1. The smallest absolute Gasteiger partial charge is 0.147 e. The highest BCUT2D eigenvalue weighted by molar-refractivity contribution is 5.89. The number of hydrogen-bond donors (Lipinski definition) is 0. The summed E-state index contributed by atoms with van der Waals surface area (Å²) < 4.78 is 7.52. The lowest BCUT2D eigenvalue weighted by Crippen LogP contribution is -2.23. The fraction of sp³-hybridized carbons (Fsp3) is 0.125. The predicted molar refractivity (Wildman–Crippen MR) is 75.8 cm³/mol. The van der Waals surface area contributed by atoms with Gasteiger partial charge in [-0.1, -0.05) is 24.3 Å². The Morgan fingerprint density at radius 2 is 1.90 bits per heavy atom. The van der Waals surface area contributed by atoms with Gasteiger partial charge in [-0.25, -0.2) is 4.98 Å². The Morgan fingerprint density at radius 3 is 2.67 bits per heavy atom. The van der Waals surface area contributed by atoms with Gasteiger partial charge in [0.1, 0.15) is 18.2 Å². The highest BCUT2D eigenvalue weighted by Crippen LogP contribution is 2.20. The molecule has 1 aromatic heterocycles. The molecule has 3 rings (SSSR count). The predicted octanol–water partition coefficient (Wildman–Crippen LogP) is 1.52. The second kappa shape index (κ2) is 5.28. The van der Waals surface area contributed by atoms with E-state index >= 15 is 0 Å². The van der Waals surface area contributed by atoms with Gasteiger partial charge in [0.15, 0.2) is 0 Å². The lowest BCUT2D eigenvalue weighted by Gasteiger charge is -2.11. The van der Waals surface area contributed by atoms with Crippen molar-refractivity contribution < 1.29 is 14.6 Å². The van der Waals surface area contributed by atoms with Gasteiger partial charge in [0.05, 0.1) is 17.0 Å². The molecule has 0 spiro atoms. The van der Waals surface area contributed by atoms with Crippen LogP contribution >= 0.6 is 0 Å². The summed E-state index contributed by atoms with van der Waals surface area (Å²) in [5.74, 6) is -0.246. The number of fused-ring (bicyclic) bond motifs is 1. The van der Waals surface area contributed by atoms with Gasteiger partial charge < -0.3 is 19.2 Å². The Balaban J connectivity index is 1.87. The van der Waals surface area contributed by atoms with E-state index in [1.807, 2.05) is 35.9 Å². The Labute approximate surface area is 121 Å². The number of hydrogen-bond acceptors (Lipinski definition) is 4. The molecule has 0 bridgehead atoms. The van der Waals surface area contributed by atoms with Gasteiger partial charge in [-0.05, 0) is 24.3 Å². The number of carboxylic acids is 1. The maximum atomic E-state index is 11.0. The Kier molecular flexibility index (Phi) is 3.31. The summed E-state index contributed by atoms with van der Waals surface area (Å²) in [6, 6.07) is 14.2. The van der Waals surface area contributed by atoms with Gasteiger partial charge in [0, 0.05) is 12.6 Å². The van der Waals surface area contributed by atoms with Crippen molar-refractivity contribution in [3.8, 4) is 5.75 Å². The number of carboxylic acid groups (broad SMARTS) is 1. The van der Waals surface area contributed by atoms with Crippen LogP contribution in [0.5, 0.6) is 5.75 Å². The maximum absolute atomic E-state index is 11.0. The summed E-state index contributed by atoms with van der Waals surface area (Å²) >= 11 is 0. The highest BCUT2D eigenvalue weighted by atomic mass is 16.5. The van der Waals surface area contributed by atoms with Crippen LogP contribution in [-0.2, 0) is 13.7 Å². The molecule has 0 unspecified atom stereocenters. The molecule has 5 heteroatoms. The average molecular weight is 281 g/mol. The number of carbonyl (C=O) groups is 1. The minimum Gasteiger partial charge on any atom is -0.545 e. The number of aryl methyl sites for hydroxylation is 1. The van der Waals surface area contributed by atoms with Crippen molar-refractivity contribution in [2.24, 2.45) is 7.05 Å². The van der Waals surface area contributed by atoms with Crippen molar-refractivity contribution in [2.45, 2.75) is 6.61 Å². The number of aromatic carboxylic acids is 1. The van der Waals surface area contributed by atoms with Gasteiger partial charge in [-0.3, -0.25) is 0 Å². The maximum Gasteiger partial charge on any atom is 0.147 e. The SMILES string of the molecule is Cn1c(COc2ccccc2C(=O)[O-])nc2ccccc21. The third-order valence-electron chi connectivity index (χ3n) is 3.34. The summed E-state index contributed by atoms with van der Waals surface area (Å²) in [6.45, 7) is 0.190. The lowest BCUT2D eigenvalue weighted by molar-refractivity contribution is -0.255. The fourth-order valence-electron chi connectivity index (χ4n) is 2.23. The Hall–Kier alpha value is -2.82. The molecular weight excluding hydrogens is 268 g/mol. The van der Waals surface area contributed by atoms with E-state index in [2.05, 4.69) is 4.98 Å². The first-order chi connectivity index (χ1) is 10.2. The molecule has 0 aliphatic rings. The van der Waals surface area contributed by atoms with Gasteiger partial charge in [-0.2, -0.15) is 0 Å². The minimum atomic E-state index is -1.25. The highest BCUT2D eigenvalue weighted by Gasteiger charge is 2.09. The van der Waals surface area contributed by atoms with Crippen molar-refractivity contribution in [1.29, 1.82) is 0 Å². The van der Waals surface area contributed by atoms with Gasteiger partial charge in [-0.15, -0.1) is 0 Å². The topological polar surface area (TPSA) is 67.2 Å². The number of nitrogens with zero attached hydrogens (tertiary/aromatic N) is 2. The minimum absolute atomic E-state index is 0.0382. The molecule has 106 valence electrons. The normalized spacial score (nSPS) is 10.7. The second-order valence-electron chi connectivity index (χ2n) is 4.65. The van der Waals surface area contributed by atoms with Crippen molar-refractivity contribution in [2.75, 3.05) is 0 Å². The summed E-state index contributed by atoms with van der Waals surface area (Å²) in [7, 11) is 1.90. The number of imidazole rings is 1. The average Bonchev–Trinajstić information content (AvgIpc) is 2.82. The number of para-hydroxylation sites is 3. The van der Waals surface area contributed by atoms with E-state index in [4.69, 9.17) is 4.74 Å². The van der Waals surface area contributed by atoms with Crippen molar-refractivity contribution in [3.05, 3.63) is 59.9 Å². The number of benzene rings is 2. The number of carbonyl (C=O) groups excluding carboxylic acids is 1. The molecule has 0 saturated carbocycles. The van der Waals surface area contributed by atoms with Crippen LogP contribution in [0.2, 0.25) is 0 Å². The monoisotopic (exact) mass is 281 g/mol. The summed E-state index contributed by atoms with van der Waals surface area (Å²) in [4.78, 5) is 15.5. The van der Waals surface area contributed by atoms with Crippen LogP contribution in [0.3, 0.4) is 0 Å². The van der Waals surface area contributed by atoms with Crippen LogP contribution in [0.1, 0.15) is 16.2 Å². The van der Waals surface area contributed by atoms with Gasteiger partial charge >= 0.3 is 0 Å². The van der Waals surface area contributed by atoms with Crippen molar-refractivity contribution >= 4 is 17.0 Å². The molecule has 21 heavy (non-hydrogen) atoms. The Morgan fingerprint density at radius 1 is 1.19 bits per heavy atom. The molecule has 5 nitrogen and oxygen atoms in total. The number of aromatic nitrogens is 2. The molecule has 0 amide bonds. The third-order valence-corrected chi connectivity index (χ3v) is 3.34. The van der Waals surface area contributed by atoms with E-state index in [0.717, 1.165) is 16.9 Å². The molecule has 1 heterocycles. The van der Waals surface area contributed by atoms with Crippen LogP contribution < -0.4 is 9.84 Å². The summed E-state index contributed by atoms with van der Waals surface area (Å²) in [5.41, 5.74) is 1.92. The van der Waals surface area contributed by atoms with Crippen molar-refractivity contribution in [3.63, 3.8) is 0 Å². The molecule has 0 fully saturated rings. The number of rotatable bonds is 4. The van der Waals surface area contributed by atoms with E-state index in [1.165, 1.54) is 6.07 Å². The van der Waals surface area contributed by atoms with Crippen LogP contribution in [-0.4, -0.2) is 15.5 Å². The largest absolute Gasteiger partial charge is 0.545 e. The van der Waals surface area contributed by atoms with E-state index in [-0.39, 0.29) is 17.9 Å². The third kappa shape index (κ3) is 2.45. The first kappa shape index (κ1) is 13.2. The summed E-state index contributed by atoms with van der Waals surface area (Å²) in [6.07, 6.45) is 0. The molecule has 0 atom stereocenters. The zero-order chi connectivity index (χ0) is 14.8.